The summed E-state index contributed by atoms with van der Waals surface area (Å²) >= 11 is 6.12. The fourth-order valence-corrected chi connectivity index (χ4v) is 3.09. The summed E-state index contributed by atoms with van der Waals surface area (Å²) in [6.45, 7) is 3.80. The van der Waals surface area contributed by atoms with Gasteiger partial charge in [-0.1, -0.05) is 23.7 Å². The number of para-hydroxylation sites is 1. The van der Waals surface area contributed by atoms with Crippen LogP contribution < -0.4 is 10.1 Å². The van der Waals surface area contributed by atoms with E-state index in [0.717, 1.165) is 12.4 Å². The van der Waals surface area contributed by atoms with E-state index >= 15 is 0 Å². The predicted octanol–water partition coefficient (Wildman–Crippen LogP) is 2.44. The Morgan fingerprint density at radius 1 is 1.44 bits per heavy atom. The molecule has 0 radical (unpaired) electrons. The van der Waals surface area contributed by atoms with Crippen LogP contribution in [0.5, 0.6) is 5.75 Å². The average Bonchev–Trinajstić information content (AvgIpc) is 3.02. The molecule has 3 rings (SSSR count). The zero-order valence-corrected chi connectivity index (χ0v) is 15.8. The molecule has 6 nitrogen and oxygen atoms in total. The highest BCUT2D eigenvalue weighted by atomic mass is 35.5. The summed E-state index contributed by atoms with van der Waals surface area (Å²) in [7, 11) is 1.93. The molecule has 0 spiro atoms. The highest BCUT2D eigenvalue weighted by molar-refractivity contribution is 6.32. The summed E-state index contributed by atoms with van der Waals surface area (Å²) in [6.07, 6.45) is 3.01. The van der Waals surface area contributed by atoms with Crippen LogP contribution in [0, 0.1) is 0 Å². The number of halogens is 2. The van der Waals surface area contributed by atoms with Crippen LogP contribution in [0.4, 0.5) is 0 Å². The Morgan fingerprint density at radius 2 is 2.20 bits per heavy atom. The van der Waals surface area contributed by atoms with Crippen molar-refractivity contribution in [3.8, 4) is 5.75 Å². The summed E-state index contributed by atoms with van der Waals surface area (Å²) < 4.78 is 7.73. The molecule has 1 aromatic carbocycles. The Labute approximate surface area is 158 Å². The number of carbonyl (C=O) groups is 1. The van der Waals surface area contributed by atoms with Gasteiger partial charge in [0.05, 0.1) is 5.02 Å². The number of benzene rings is 1. The molecule has 0 bridgehead atoms. The predicted molar refractivity (Wildman–Crippen MR) is 99.3 cm³/mol. The quantitative estimate of drug-likeness (QED) is 0.879. The largest absolute Gasteiger partial charge is 0.479 e. The Bertz CT molecular complexity index is 722. The van der Waals surface area contributed by atoms with Crippen molar-refractivity contribution in [2.24, 2.45) is 7.05 Å². The second-order valence-electron chi connectivity index (χ2n) is 5.84. The van der Waals surface area contributed by atoms with E-state index in [1.54, 1.807) is 25.3 Å². The molecule has 1 N–H and O–H groups in total. The Balaban J connectivity index is 0.00000225. The number of nitrogens with one attached hydrogen (secondary N) is 1. The van der Waals surface area contributed by atoms with Gasteiger partial charge in [-0.2, -0.15) is 0 Å². The zero-order valence-electron chi connectivity index (χ0n) is 14.2. The fourth-order valence-electron chi connectivity index (χ4n) is 2.91. The van der Waals surface area contributed by atoms with E-state index < -0.39 is 6.10 Å². The van der Waals surface area contributed by atoms with Gasteiger partial charge >= 0.3 is 0 Å². The average molecular weight is 385 g/mol. The molecule has 25 heavy (non-hydrogen) atoms. The van der Waals surface area contributed by atoms with Crippen LogP contribution in [0.3, 0.4) is 0 Å². The van der Waals surface area contributed by atoms with Gasteiger partial charge in [0, 0.05) is 39.1 Å². The van der Waals surface area contributed by atoms with E-state index in [9.17, 15) is 4.79 Å². The topological polar surface area (TPSA) is 59.4 Å². The Morgan fingerprint density at radius 3 is 2.88 bits per heavy atom. The first kappa shape index (κ1) is 19.6. The summed E-state index contributed by atoms with van der Waals surface area (Å²) in [5.74, 6) is 1.31. The van der Waals surface area contributed by atoms with E-state index in [2.05, 4.69) is 10.3 Å². The number of hydrogen-bond acceptors (Lipinski definition) is 4. The number of amides is 1. The molecule has 1 aromatic heterocycles. The Hall–Kier alpha value is -1.76. The van der Waals surface area contributed by atoms with Crippen molar-refractivity contribution >= 4 is 29.9 Å². The van der Waals surface area contributed by atoms with Gasteiger partial charge in [-0.3, -0.25) is 4.79 Å². The minimum absolute atomic E-state index is 0. The van der Waals surface area contributed by atoms with Gasteiger partial charge in [0.15, 0.2) is 6.10 Å². The van der Waals surface area contributed by atoms with Gasteiger partial charge < -0.3 is 19.5 Å². The molecule has 2 heterocycles. The van der Waals surface area contributed by atoms with E-state index in [4.69, 9.17) is 16.3 Å². The third-order valence-corrected chi connectivity index (χ3v) is 4.48. The lowest BCUT2D eigenvalue weighted by molar-refractivity contribution is -0.141. The number of aromatic nitrogens is 2. The molecule has 1 amide bonds. The number of rotatable bonds is 4. The molecule has 1 fully saturated rings. The van der Waals surface area contributed by atoms with E-state index in [1.807, 2.05) is 34.8 Å². The first-order valence-electron chi connectivity index (χ1n) is 7.97. The number of carbonyl (C=O) groups excluding carboxylic acids is 1. The molecule has 136 valence electrons. The van der Waals surface area contributed by atoms with Crippen molar-refractivity contribution < 1.29 is 9.53 Å². The van der Waals surface area contributed by atoms with Crippen LogP contribution in [0.25, 0.3) is 0 Å². The van der Waals surface area contributed by atoms with Gasteiger partial charge in [0.25, 0.3) is 5.91 Å². The number of ether oxygens (including phenoxy) is 1. The maximum atomic E-state index is 12.9. The molecule has 0 aliphatic carbocycles. The monoisotopic (exact) mass is 384 g/mol. The second kappa shape index (κ2) is 8.56. The van der Waals surface area contributed by atoms with Crippen LogP contribution in [0.1, 0.15) is 18.8 Å². The summed E-state index contributed by atoms with van der Waals surface area (Å²) in [5.41, 5.74) is 0. The molecule has 2 atom stereocenters. The second-order valence-corrected chi connectivity index (χ2v) is 6.25. The number of nitrogens with zero attached hydrogens (tertiary/aromatic N) is 3. The molecule has 8 heteroatoms. The van der Waals surface area contributed by atoms with E-state index in [0.29, 0.717) is 23.9 Å². The van der Waals surface area contributed by atoms with Crippen molar-refractivity contribution in [1.29, 1.82) is 0 Å². The first-order valence-corrected chi connectivity index (χ1v) is 8.35. The van der Waals surface area contributed by atoms with Crippen LogP contribution in [0.15, 0.2) is 36.7 Å². The number of imidazole rings is 1. The Kier molecular flexibility index (Phi) is 6.70. The molecule has 0 saturated carbocycles. The van der Waals surface area contributed by atoms with Crippen LogP contribution in [0.2, 0.25) is 5.02 Å². The van der Waals surface area contributed by atoms with Crippen molar-refractivity contribution in [3.05, 3.63) is 47.5 Å². The third-order valence-electron chi connectivity index (χ3n) is 4.17. The van der Waals surface area contributed by atoms with Gasteiger partial charge in [-0.15, -0.1) is 12.4 Å². The highest BCUT2D eigenvalue weighted by Crippen LogP contribution is 2.26. The maximum Gasteiger partial charge on any atom is 0.264 e. The summed E-state index contributed by atoms with van der Waals surface area (Å²) in [4.78, 5) is 19.2. The lowest BCUT2D eigenvalue weighted by Gasteiger charge is -2.37. The SMILES string of the molecule is CC(Oc1ccccc1Cl)C(=O)N1CCNCC1c1nccn1C.Cl. The van der Waals surface area contributed by atoms with Crippen molar-refractivity contribution in [3.63, 3.8) is 0 Å². The van der Waals surface area contributed by atoms with E-state index in [-0.39, 0.29) is 24.4 Å². The highest BCUT2D eigenvalue weighted by Gasteiger charge is 2.33. The number of aryl methyl sites for hydroxylation is 1. The molecule has 1 aliphatic rings. The van der Waals surface area contributed by atoms with Crippen molar-refractivity contribution in [1.82, 2.24) is 19.8 Å². The smallest absolute Gasteiger partial charge is 0.264 e. The molecule has 2 aromatic rings. The molecule has 1 aliphatic heterocycles. The fraction of sp³-hybridized carbons (Fsp3) is 0.412. The molecule has 1 saturated heterocycles. The van der Waals surface area contributed by atoms with Gasteiger partial charge in [0.2, 0.25) is 0 Å². The first-order chi connectivity index (χ1) is 11.6. The zero-order chi connectivity index (χ0) is 17.1. The minimum atomic E-state index is -0.620. The standard InChI is InChI=1S/C17H21ClN4O2.ClH/c1-12(24-15-6-4-3-5-13(15)18)17(23)22-10-7-19-11-14(22)16-20-8-9-21(16)2;/h3-6,8-9,12,14,19H,7,10-11H2,1-2H3;1H. The lowest BCUT2D eigenvalue weighted by atomic mass is 10.1. The minimum Gasteiger partial charge on any atom is -0.479 e. The third kappa shape index (κ3) is 4.26. The summed E-state index contributed by atoms with van der Waals surface area (Å²) in [6, 6.07) is 7.06. The molecular weight excluding hydrogens is 363 g/mol. The number of hydrogen-bond donors (Lipinski definition) is 1. The van der Waals surface area contributed by atoms with Crippen LogP contribution in [-0.4, -0.2) is 46.1 Å². The van der Waals surface area contributed by atoms with Crippen molar-refractivity contribution in [2.75, 3.05) is 19.6 Å². The van der Waals surface area contributed by atoms with Crippen LogP contribution >= 0.6 is 24.0 Å². The number of piperazine rings is 1. The van der Waals surface area contributed by atoms with Crippen molar-refractivity contribution in [2.45, 2.75) is 19.1 Å². The normalized spacial score (nSPS) is 18.4. The summed E-state index contributed by atoms with van der Waals surface area (Å²) in [5, 5.41) is 3.82. The van der Waals surface area contributed by atoms with Crippen LogP contribution in [-0.2, 0) is 11.8 Å². The maximum absolute atomic E-state index is 12.9. The molecular formula is C17H22Cl2N4O2. The van der Waals surface area contributed by atoms with Gasteiger partial charge in [-0.25, -0.2) is 4.98 Å². The lowest BCUT2D eigenvalue weighted by Crippen LogP contribution is -2.52. The molecule has 2 unspecified atom stereocenters. The van der Waals surface area contributed by atoms with Gasteiger partial charge in [-0.05, 0) is 19.1 Å². The van der Waals surface area contributed by atoms with Gasteiger partial charge in [0.1, 0.15) is 17.6 Å². The van der Waals surface area contributed by atoms with E-state index in [1.165, 1.54) is 0 Å².